The number of alkyl halides is 1. The molecule has 0 saturated carbocycles. The van der Waals surface area contributed by atoms with Gasteiger partial charge >= 0.3 is 0 Å². The summed E-state index contributed by atoms with van der Waals surface area (Å²) in [5.41, 5.74) is 0.182. The van der Waals surface area contributed by atoms with Crippen LogP contribution in [0.25, 0.3) is 0 Å². The summed E-state index contributed by atoms with van der Waals surface area (Å²) in [6.45, 7) is 0. The predicted molar refractivity (Wildman–Crippen MR) is 82.6 cm³/mol. The van der Waals surface area contributed by atoms with Gasteiger partial charge < -0.3 is 0 Å². The van der Waals surface area contributed by atoms with Gasteiger partial charge in [-0.05, 0) is 12.1 Å². The van der Waals surface area contributed by atoms with Crippen LogP contribution in [0.15, 0.2) is 40.6 Å². The standard InChI is InChI=1S/C12H11ClN2O4S2/c13-7-6-11-10(15(16)17)8-12(20-11)21(18,19)14-9-4-2-1-3-5-9/h1-5,8,14H,6-7H2. The van der Waals surface area contributed by atoms with Gasteiger partial charge in [0.1, 0.15) is 4.21 Å². The third-order valence-corrected chi connectivity index (χ3v) is 5.80. The zero-order chi connectivity index (χ0) is 15.5. The van der Waals surface area contributed by atoms with Crippen molar-refractivity contribution in [3.05, 3.63) is 51.4 Å². The lowest BCUT2D eigenvalue weighted by Crippen LogP contribution is -2.11. The Morgan fingerprint density at radius 2 is 1.95 bits per heavy atom. The first-order valence-electron chi connectivity index (χ1n) is 5.85. The first-order valence-corrected chi connectivity index (χ1v) is 8.68. The van der Waals surface area contributed by atoms with Crippen LogP contribution in [0.3, 0.4) is 0 Å². The molecule has 9 heteroatoms. The second-order valence-corrected chi connectivity index (χ2v) is 7.47. The lowest BCUT2D eigenvalue weighted by Gasteiger charge is -2.04. The number of hydrogen-bond acceptors (Lipinski definition) is 5. The molecule has 0 amide bonds. The lowest BCUT2D eigenvalue weighted by atomic mass is 10.3. The Balaban J connectivity index is 2.36. The van der Waals surface area contributed by atoms with Crippen LogP contribution in [0.4, 0.5) is 11.4 Å². The summed E-state index contributed by atoms with van der Waals surface area (Å²) in [5.74, 6) is 0.187. The molecule has 1 N–H and O–H groups in total. The van der Waals surface area contributed by atoms with E-state index in [-0.39, 0.29) is 22.2 Å². The predicted octanol–water partition coefficient (Wildman–Crippen LogP) is 3.24. The monoisotopic (exact) mass is 346 g/mol. The number of nitro groups is 1. The third kappa shape index (κ3) is 3.72. The van der Waals surface area contributed by atoms with Crippen LogP contribution in [-0.2, 0) is 16.4 Å². The molecule has 0 unspecified atom stereocenters. The molecule has 1 aromatic carbocycles. The molecule has 0 fully saturated rings. The highest BCUT2D eigenvalue weighted by atomic mass is 35.5. The van der Waals surface area contributed by atoms with Gasteiger partial charge in [0.05, 0.1) is 9.80 Å². The fourth-order valence-electron chi connectivity index (χ4n) is 1.66. The Labute approximate surface area is 130 Å². The molecule has 0 saturated heterocycles. The molecule has 6 nitrogen and oxygen atoms in total. The Morgan fingerprint density at radius 3 is 2.52 bits per heavy atom. The molecule has 0 radical (unpaired) electrons. The molecular formula is C12H11ClN2O4S2. The Morgan fingerprint density at radius 1 is 1.29 bits per heavy atom. The summed E-state index contributed by atoms with van der Waals surface area (Å²) in [6, 6.07) is 9.39. The van der Waals surface area contributed by atoms with E-state index in [4.69, 9.17) is 11.6 Å². The van der Waals surface area contributed by atoms with Crippen molar-refractivity contribution >= 4 is 44.3 Å². The fraction of sp³-hybridized carbons (Fsp3) is 0.167. The molecule has 0 atom stereocenters. The van der Waals surface area contributed by atoms with Crippen LogP contribution in [0.2, 0.25) is 0 Å². The van der Waals surface area contributed by atoms with Crippen LogP contribution in [0.1, 0.15) is 4.88 Å². The first-order chi connectivity index (χ1) is 9.94. The molecule has 21 heavy (non-hydrogen) atoms. The average molecular weight is 347 g/mol. The van der Waals surface area contributed by atoms with E-state index < -0.39 is 14.9 Å². The number of benzene rings is 1. The molecule has 1 heterocycles. The summed E-state index contributed by atoms with van der Waals surface area (Å²) in [6.07, 6.45) is 0.253. The second-order valence-electron chi connectivity index (χ2n) is 4.04. The summed E-state index contributed by atoms with van der Waals surface area (Å²) in [5, 5.41) is 10.9. The zero-order valence-electron chi connectivity index (χ0n) is 10.7. The molecule has 1 aromatic heterocycles. The maximum Gasteiger partial charge on any atom is 0.284 e. The van der Waals surface area contributed by atoms with Crippen molar-refractivity contribution in [1.29, 1.82) is 0 Å². The van der Waals surface area contributed by atoms with Gasteiger partial charge in [0.15, 0.2) is 0 Å². The van der Waals surface area contributed by atoms with E-state index in [1.54, 1.807) is 30.3 Å². The number of aryl methyl sites for hydroxylation is 1. The van der Waals surface area contributed by atoms with E-state index in [2.05, 4.69) is 4.72 Å². The fourth-order valence-corrected chi connectivity index (χ4v) is 4.49. The number of rotatable bonds is 6. The minimum atomic E-state index is -3.85. The van der Waals surface area contributed by atoms with E-state index in [0.29, 0.717) is 10.6 Å². The highest BCUT2D eigenvalue weighted by Crippen LogP contribution is 2.33. The number of anilines is 1. The summed E-state index contributed by atoms with van der Waals surface area (Å²) < 4.78 is 26.8. The van der Waals surface area contributed by atoms with Crippen molar-refractivity contribution in [3.63, 3.8) is 0 Å². The minimum Gasteiger partial charge on any atom is -0.279 e. The minimum absolute atomic E-state index is 0.0989. The Hall–Kier alpha value is -1.64. The topological polar surface area (TPSA) is 89.3 Å². The van der Waals surface area contributed by atoms with Crippen LogP contribution in [-0.4, -0.2) is 19.2 Å². The number of hydrogen-bond donors (Lipinski definition) is 1. The van der Waals surface area contributed by atoms with Crippen molar-refractivity contribution in [3.8, 4) is 0 Å². The van der Waals surface area contributed by atoms with Gasteiger partial charge in [0.2, 0.25) is 0 Å². The van der Waals surface area contributed by atoms with Gasteiger partial charge in [-0.15, -0.1) is 22.9 Å². The van der Waals surface area contributed by atoms with Crippen molar-refractivity contribution in [2.75, 3.05) is 10.6 Å². The number of halogens is 1. The normalized spacial score (nSPS) is 11.3. The molecule has 0 aliphatic carbocycles. The van der Waals surface area contributed by atoms with E-state index >= 15 is 0 Å². The number of nitrogens with zero attached hydrogens (tertiary/aromatic N) is 1. The van der Waals surface area contributed by atoms with E-state index in [1.807, 2.05) is 0 Å². The molecule has 0 bridgehead atoms. The van der Waals surface area contributed by atoms with Gasteiger partial charge in [-0.1, -0.05) is 18.2 Å². The maximum atomic E-state index is 12.2. The van der Waals surface area contributed by atoms with Gasteiger partial charge in [-0.25, -0.2) is 8.42 Å². The van der Waals surface area contributed by atoms with Gasteiger partial charge in [0.25, 0.3) is 15.7 Å². The average Bonchev–Trinajstić information content (AvgIpc) is 2.85. The quantitative estimate of drug-likeness (QED) is 0.494. The highest BCUT2D eigenvalue weighted by Gasteiger charge is 2.25. The van der Waals surface area contributed by atoms with Gasteiger partial charge in [0, 0.05) is 24.1 Å². The summed E-state index contributed by atoms with van der Waals surface area (Å²) >= 11 is 6.45. The highest BCUT2D eigenvalue weighted by molar-refractivity contribution is 7.94. The number of nitrogens with one attached hydrogen (secondary N) is 1. The molecule has 0 aliphatic heterocycles. The molecular weight excluding hydrogens is 336 g/mol. The first kappa shape index (κ1) is 15.7. The van der Waals surface area contributed by atoms with E-state index in [9.17, 15) is 18.5 Å². The molecule has 112 valence electrons. The lowest BCUT2D eigenvalue weighted by molar-refractivity contribution is -0.385. The smallest absolute Gasteiger partial charge is 0.279 e. The van der Waals surface area contributed by atoms with Crippen molar-refractivity contribution in [1.82, 2.24) is 0 Å². The third-order valence-electron chi connectivity index (χ3n) is 2.57. The van der Waals surface area contributed by atoms with Crippen molar-refractivity contribution < 1.29 is 13.3 Å². The van der Waals surface area contributed by atoms with Crippen LogP contribution >= 0.6 is 22.9 Å². The zero-order valence-corrected chi connectivity index (χ0v) is 13.0. The maximum absolute atomic E-state index is 12.2. The van der Waals surface area contributed by atoms with Crippen molar-refractivity contribution in [2.45, 2.75) is 10.6 Å². The van der Waals surface area contributed by atoms with Crippen LogP contribution in [0, 0.1) is 10.1 Å². The summed E-state index contributed by atoms with van der Waals surface area (Å²) in [7, 11) is -3.85. The van der Waals surface area contributed by atoms with Crippen molar-refractivity contribution in [2.24, 2.45) is 0 Å². The molecule has 0 aliphatic rings. The second kappa shape index (κ2) is 6.42. The molecule has 2 aromatic rings. The number of thiophene rings is 1. The van der Waals surface area contributed by atoms with Crippen LogP contribution < -0.4 is 4.72 Å². The van der Waals surface area contributed by atoms with E-state index in [0.717, 1.165) is 17.4 Å². The number of para-hydroxylation sites is 1. The molecule has 2 rings (SSSR count). The van der Waals surface area contributed by atoms with Gasteiger partial charge in [-0.3, -0.25) is 14.8 Å². The van der Waals surface area contributed by atoms with Crippen LogP contribution in [0.5, 0.6) is 0 Å². The summed E-state index contributed by atoms with van der Waals surface area (Å²) in [4.78, 5) is 10.7. The Bertz CT molecular complexity index is 744. The van der Waals surface area contributed by atoms with E-state index in [1.165, 1.54) is 0 Å². The number of sulfonamides is 1. The SMILES string of the molecule is O=[N+]([O-])c1cc(S(=O)(=O)Nc2ccccc2)sc1CCCl. The largest absolute Gasteiger partial charge is 0.284 e. The molecule has 0 spiro atoms. The Kier molecular flexibility index (Phi) is 4.81. The van der Waals surface area contributed by atoms with Gasteiger partial charge in [-0.2, -0.15) is 0 Å².